The summed E-state index contributed by atoms with van der Waals surface area (Å²) < 4.78 is 0. The van der Waals surface area contributed by atoms with E-state index in [1.807, 2.05) is 30.3 Å². The zero-order valence-electron chi connectivity index (χ0n) is 13.3. The Balaban J connectivity index is 1.85. The molecule has 2 atom stereocenters. The first kappa shape index (κ1) is 17.1. The Labute approximate surface area is 137 Å². The van der Waals surface area contributed by atoms with Gasteiger partial charge < -0.3 is 10.6 Å². The Morgan fingerprint density at radius 3 is 2.91 bits per heavy atom. The van der Waals surface area contributed by atoms with Crippen LogP contribution in [0.25, 0.3) is 0 Å². The fourth-order valence-electron chi connectivity index (χ4n) is 2.88. The predicted molar refractivity (Wildman–Crippen MR) is 95.4 cm³/mol. The molecule has 0 bridgehead atoms. The molecule has 0 radical (unpaired) electrons. The molecule has 1 saturated carbocycles. The van der Waals surface area contributed by atoms with E-state index in [1.54, 1.807) is 11.8 Å². The van der Waals surface area contributed by atoms with Gasteiger partial charge in [0.05, 0.1) is 12.2 Å². The zero-order chi connectivity index (χ0) is 15.8. The average Bonchev–Trinajstić information content (AvgIpc) is 2.53. The van der Waals surface area contributed by atoms with Crippen molar-refractivity contribution in [3.8, 4) is 0 Å². The number of thioether (sulfide) groups is 1. The van der Waals surface area contributed by atoms with Crippen molar-refractivity contribution < 1.29 is 4.79 Å². The molecule has 120 valence electrons. The number of carbonyl (C=O) groups excluding carboxylic acids is 1. The molecule has 4 heteroatoms. The number of para-hydroxylation sites is 1. The van der Waals surface area contributed by atoms with Gasteiger partial charge in [0, 0.05) is 16.7 Å². The molecule has 1 aliphatic rings. The molecular weight excluding hydrogens is 292 g/mol. The largest absolute Gasteiger partial charge is 0.324 e. The Morgan fingerprint density at radius 2 is 2.14 bits per heavy atom. The third kappa shape index (κ3) is 5.18. The summed E-state index contributed by atoms with van der Waals surface area (Å²) in [6.07, 6.45) is 6.90. The lowest BCUT2D eigenvalue weighted by atomic mass is 9.86. The molecule has 0 aromatic heterocycles. The molecule has 1 fully saturated rings. The molecule has 2 N–H and O–H groups in total. The molecule has 0 spiro atoms. The van der Waals surface area contributed by atoms with Crippen molar-refractivity contribution in [2.24, 2.45) is 5.92 Å². The third-order valence-electron chi connectivity index (χ3n) is 4.15. The molecule has 0 aliphatic heterocycles. The van der Waals surface area contributed by atoms with Crippen LogP contribution in [0.4, 0.5) is 5.69 Å². The second kappa shape index (κ2) is 9.01. The van der Waals surface area contributed by atoms with Crippen LogP contribution in [0.2, 0.25) is 0 Å². The van der Waals surface area contributed by atoms with E-state index in [2.05, 4.69) is 24.1 Å². The maximum Gasteiger partial charge on any atom is 0.238 e. The normalized spacial score (nSPS) is 21.3. The van der Waals surface area contributed by atoms with E-state index in [0.717, 1.165) is 16.3 Å². The molecule has 0 heterocycles. The van der Waals surface area contributed by atoms with Gasteiger partial charge in [-0.25, -0.2) is 0 Å². The summed E-state index contributed by atoms with van der Waals surface area (Å²) in [5.74, 6) is 1.53. The Morgan fingerprint density at radius 1 is 1.36 bits per heavy atom. The topological polar surface area (TPSA) is 41.1 Å². The summed E-state index contributed by atoms with van der Waals surface area (Å²) in [6.45, 7) is 6.39. The zero-order valence-corrected chi connectivity index (χ0v) is 14.1. The van der Waals surface area contributed by atoms with E-state index in [1.165, 1.54) is 25.7 Å². The van der Waals surface area contributed by atoms with Crippen molar-refractivity contribution in [2.45, 2.75) is 43.5 Å². The SMILES string of the molecule is C=CCSc1ccccc1NC(=O)CNC1CCCCC1C. The summed E-state index contributed by atoms with van der Waals surface area (Å²) >= 11 is 1.68. The molecule has 2 rings (SSSR count). The molecule has 1 aliphatic carbocycles. The molecule has 1 amide bonds. The Kier molecular flexibility index (Phi) is 7.00. The van der Waals surface area contributed by atoms with Crippen molar-refractivity contribution in [1.82, 2.24) is 5.32 Å². The predicted octanol–water partition coefficient (Wildman–Crippen LogP) is 4.07. The Hall–Kier alpha value is -1.26. The van der Waals surface area contributed by atoms with Crippen LogP contribution < -0.4 is 10.6 Å². The minimum atomic E-state index is 0.0319. The first-order chi connectivity index (χ1) is 10.7. The Bertz CT molecular complexity index is 504. The van der Waals surface area contributed by atoms with Crippen LogP contribution in [0.1, 0.15) is 32.6 Å². The lowest BCUT2D eigenvalue weighted by molar-refractivity contribution is -0.115. The van der Waals surface area contributed by atoms with Gasteiger partial charge in [0.1, 0.15) is 0 Å². The van der Waals surface area contributed by atoms with Crippen LogP contribution in [0, 0.1) is 5.92 Å². The molecule has 1 aromatic carbocycles. The highest BCUT2D eigenvalue weighted by Crippen LogP contribution is 2.27. The first-order valence-corrected chi connectivity index (χ1v) is 9.05. The summed E-state index contributed by atoms with van der Waals surface area (Å²) in [4.78, 5) is 13.3. The van der Waals surface area contributed by atoms with E-state index >= 15 is 0 Å². The quantitative estimate of drug-likeness (QED) is 0.588. The van der Waals surface area contributed by atoms with Gasteiger partial charge in [-0.2, -0.15) is 0 Å². The number of carbonyl (C=O) groups is 1. The van der Waals surface area contributed by atoms with Crippen LogP contribution in [-0.4, -0.2) is 24.2 Å². The maximum absolute atomic E-state index is 12.2. The van der Waals surface area contributed by atoms with E-state index in [9.17, 15) is 4.79 Å². The second-order valence-electron chi connectivity index (χ2n) is 5.89. The van der Waals surface area contributed by atoms with Crippen molar-refractivity contribution in [3.05, 3.63) is 36.9 Å². The van der Waals surface area contributed by atoms with Crippen molar-refractivity contribution >= 4 is 23.4 Å². The molecule has 0 saturated heterocycles. The number of nitrogens with one attached hydrogen (secondary N) is 2. The van der Waals surface area contributed by atoms with Crippen molar-refractivity contribution in [1.29, 1.82) is 0 Å². The average molecular weight is 318 g/mol. The summed E-state index contributed by atoms with van der Waals surface area (Å²) in [5, 5.41) is 6.44. The second-order valence-corrected chi connectivity index (χ2v) is 6.95. The highest BCUT2D eigenvalue weighted by molar-refractivity contribution is 7.99. The smallest absolute Gasteiger partial charge is 0.238 e. The monoisotopic (exact) mass is 318 g/mol. The number of rotatable bonds is 7. The number of anilines is 1. The van der Waals surface area contributed by atoms with E-state index in [4.69, 9.17) is 0 Å². The van der Waals surface area contributed by atoms with Gasteiger partial charge in [0.25, 0.3) is 0 Å². The number of benzene rings is 1. The molecule has 22 heavy (non-hydrogen) atoms. The first-order valence-electron chi connectivity index (χ1n) is 8.06. The van der Waals surface area contributed by atoms with Crippen molar-refractivity contribution in [3.63, 3.8) is 0 Å². The number of hydrogen-bond donors (Lipinski definition) is 2. The maximum atomic E-state index is 12.2. The lowest BCUT2D eigenvalue weighted by Gasteiger charge is -2.29. The van der Waals surface area contributed by atoms with Crippen LogP contribution >= 0.6 is 11.8 Å². The van der Waals surface area contributed by atoms with Crippen molar-refractivity contribution in [2.75, 3.05) is 17.6 Å². The molecule has 1 aromatic rings. The van der Waals surface area contributed by atoms with Crippen LogP contribution in [0.15, 0.2) is 41.8 Å². The van der Waals surface area contributed by atoms with E-state index in [0.29, 0.717) is 18.5 Å². The van der Waals surface area contributed by atoms with Gasteiger partial charge in [-0.15, -0.1) is 18.3 Å². The highest BCUT2D eigenvalue weighted by atomic mass is 32.2. The van der Waals surface area contributed by atoms with Gasteiger partial charge >= 0.3 is 0 Å². The van der Waals surface area contributed by atoms with Crippen LogP contribution in [-0.2, 0) is 4.79 Å². The lowest BCUT2D eigenvalue weighted by Crippen LogP contribution is -2.41. The van der Waals surface area contributed by atoms with Gasteiger partial charge in [-0.1, -0.05) is 38.0 Å². The summed E-state index contributed by atoms with van der Waals surface area (Å²) in [7, 11) is 0. The van der Waals surface area contributed by atoms with E-state index < -0.39 is 0 Å². The van der Waals surface area contributed by atoms with Gasteiger partial charge in [-0.05, 0) is 30.9 Å². The highest BCUT2D eigenvalue weighted by Gasteiger charge is 2.21. The summed E-state index contributed by atoms with van der Waals surface area (Å²) in [5.41, 5.74) is 0.887. The van der Waals surface area contributed by atoms with Crippen LogP contribution in [0.3, 0.4) is 0 Å². The molecular formula is C18H26N2OS. The minimum Gasteiger partial charge on any atom is -0.324 e. The molecule has 2 unspecified atom stereocenters. The van der Waals surface area contributed by atoms with Gasteiger partial charge in [-0.3, -0.25) is 4.79 Å². The minimum absolute atomic E-state index is 0.0319. The fraction of sp³-hybridized carbons (Fsp3) is 0.500. The number of hydrogen-bond acceptors (Lipinski definition) is 3. The van der Waals surface area contributed by atoms with Gasteiger partial charge in [0.15, 0.2) is 0 Å². The summed E-state index contributed by atoms with van der Waals surface area (Å²) in [6, 6.07) is 8.39. The third-order valence-corrected chi connectivity index (χ3v) is 5.22. The fourth-order valence-corrected chi connectivity index (χ4v) is 3.63. The van der Waals surface area contributed by atoms with E-state index in [-0.39, 0.29) is 5.91 Å². The molecule has 3 nitrogen and oxygen atoms in total. The van der Waals surface area contributed by atoms with Crippen LogP contribution in [0.5, 0.6) is 0 Å². The number of amides is 1. The van der Waals surface area contributed by atoms with Gasteiger partial charge in [0.2, 0.25) is 5.91 Å². The standard InChI is InChI=1S/C18H26N2OS/c1-3-12-22-17-11-7-6-10-16(17)20-18(21)13-19-15-9-5-4-8-14(15)2/h3,6-7,10-11,14-15,19H,1,4-5,8-9,12-13H2,2H3,(H,20,21).